The van der Waals surface area contributed by atoms with Crippen LogP contribution in [0.15, 0.2) is 42.5 Å². The lowest BCUT2D eigenvalue weighted by molar-refractivity contribution is 0.0979. The lowest BCUT2D eigenvalue weighted by Crippen LogP contribution is -2.38. The minimum Gasteiger partial charge on any atom is -0.496 e. The van der Waals surface area contributed by atoms with E-state index >= 15 is 0 Å². The Labute approximate surface area is 158 Å². The molecule has 0 heterocycles. The van der Waals surface area contributed by atoms with Crippen molar-refractivity contribution >= 4 is 21.7 Å². The number of amides is 1. The highest BCUT2D eigenvalue weighted by atomic mass is 32.2. The average molecular weight is 387 g/mol. The molecule has 2 aromatic rings. The standard InChI is InChI=1S/C20H21NO5S/c1-13(22)15-9-8-14(12-18(15)26-3)16-6-4-5-7-17(16)19(23)21-27(24,25)20(2)10-11-20/h4-9,12H,10-11H2,1-3H3,(H,21,23). The quantitative estimate of drug-likeness (QED) is 0.769. The minimum atomic E-state index is -3.73. The molecule has 0 radical (unpaired) electrons. The van der Waals surface area contributed by atoms with Gasteiger partial charge in [0.2, 0.25) is 10.0 Å². The molecule has 1 N–H and O–H groups in total. The van der Waals surface area contributed by atoms with Crippen LogP contribution in [0.25, 0.3) is 11.1 Å². The Bertz CT molecular complexity index is 1020. The molecule has 0 aromatic heterocycles. The van der Waals surface area contributed by atoms with Gasteiger partial charge in [-0.15, -0.1) is 0 Å². The third kappa shape index (κ3) is 3.60. The molecule has 3 rings (SSSR count). The molecule has 0 saturated heterocycles. The van der Waals surface area contributed by atoms with Crippen molar-refractivity contribution in [3.63, 3.8) is 0 Å². The Morgan fingerprint density at radius 3 is 2.33 bits per heavy atom. The molecular weight excluding hydrogens is 366 g/mol. The molecule has 0 atom stereocenters. The van der Waals surface area contributed by atoms with Crippen LogP contribution in [0.2, 0.25) is 0 Å². The summed E-state index contributed by atoms with van der Waals surface area (Å²) in [6.45, 7) is 3.07. The second kappa shape index (κ2) is 6.81. The van der Waals surface area contributed by atoms with Crippen molar-refractivity contribution in [1.82, 2.24) is 4.72 Å². The molecule has 1 aliphatic rings. The Kier molecular flexibility index (Phi) is 4.82. The largest absolute Gasteiger partial charge is 0.496 e. The molecular formula is C20H21NO5S. The number of Topliss-reactive ketones (excluding diaryl/α,β-unsaturated/α-hetero) is 1. The van der Waals surface area contributed by atoms with Gasteiger partial charge in [0.05, 0.1) is 17.4 Å². The topological polar surface area (TPSA) is 89.5 Å². The van der Waals surface area contributed by atoms with Crippen LogP contribution < -0.4 is 9.46 Å². The number of benzene rings is 2. The van der Waals surface area contributed by atoms with Crippen molar-refractivity contribution in [2.75, 3.05) is 7.11 Å². The molecule has 6 nitrogen and oxygen atoms in total. The highest BCUT2D eigenvalue weighted by Gasteiger charge is 2.50. The van der Waals surface area contributed by atoms with Gasteiger partial charge in [0, 0.05) is 5.56 Å². The maximum Gasteiger partial charge on any atom is 0.265 e. The second-order valence-electron chi connectivity index (χ2n) is 6.90. The number of nitrogens with one attached hydrogen (secondary N) is 1. The Hall–Kier alpha value is -2.67. The molecule has 1 fully saturated rings. The number of hydrogen-bond donors (Lipinski definition) is 1. The summed E-state index contributed by atoms with van der Waals surface area (Å²) in [6.07, 6.45) is 1.09. The summed E-state index contributed by atoms with van der Waals surface area (Å²) < 4.78 is 31.4. The molecule has 7 heteroatoms. The normalized spacial score (nSPS) is 15.1. The van der Waals surface area contributed by atoms with E-state index in [9.17, 15) is 18.0 Å². The van der Waals surface area contributed by atoms with Crippen LogP contribution in [-0.4, -0.2) is 32.0 Å². The number of rotatable bonds is 6. The molecule has 0 spiro atoms. The molecule has 1 aliphatic carbocycles. The molecule has 142 valence electrons. The first kappa shape index (κ1) is 19.1. The Balaban J connectivity index is 1.99. The van der Waals surface area contributed by atoms with Gasteiger partial charge in [-0.25, -0.2) is 13.1 Å². The van der Waals surface area contributed by atoms with Gasteiger partial charge in [0.1, 0.15) is 5.75 Å². The Morgan fingerprint density at radius 1 is 1.07 bits per heavy atom. The van der Waals surface area contributed by atoms with E-state index in [2.05, 4.69) is 4.72 Å². The van der Waals surface area contributed by atoms with Crippen LogP contribution in [0.3, 0.4) is 0 Å². The van der Waals surface area contributed by atoms with Crippen molar-refractivity contribution < 1.29 is 22.7 Å². The minimum absolute atomic E-state index is 0.131. The fraction of sp³-hybridized carbons (Fsp3) is 0.300. The van der Waals surface area contributed by atoms with E-state index in [1.807, 2.05) is 0 Å². The third-order valence-corrected chi connectivity index (χ3v) is 7.05. The van der Waals surface area contributed by atoms with Crippen molar-refractivity contribution in [2.24, 2.45) is 0 Å². The van der Waals surface area contributed by atoms with E-state index in [1.54, 1.807) is 49.4 Å². The van der Waals surface area contributed by atoms with E-state index in [1.165, 1.54) is 14.0 Å². The zero-order valence-corrected chi connectivity index (χ0v) is 16.2. The van der Waals surface area contributed by atoms with Crippen LogP contribution in [0, 0.1) is 0 Å². The highest BCUT2D eigenvalue weighted by molar-refractivity contribution is 7.91. The highest BCUT2D eigenvalue weighted by Crippen LogP contribution is 2.42. The fourth-order valence-electron chi connectivity index (χ4n) is 2.83. The van der Waals surface area contributed by atoms with Gasteiger partial charge in [-0.05, 0) is 56.0 Å². The number of carbonyl (C=O) groups is 2. The van der Waals surface area contributed by atoms with Gasteiger partial charge in [-0.1, -0.05) is 24.3 Å². The van der Waals surface area contributed by atoms with Crippen LogP contribution in [-0.2, 0) is 10.0 Å². The fourth-order valence-corrected chi connectivity index (χ4v) is 4.07. The first-order chi connectivity index (χ1) is 12.7. The number of methoxy groups -OCH3 is 1. The summed E-state index contributed by atoms with van der Waals surface area (Å²) in [5.41, 5.74) is 1.88. The molecule has 2 aromatic carbocycles. The monoisotopic (exact) mass is 387 g/mol. The predicted octanol–water partition coefficient (Wildman–Crippen LogP) is 3.18. The van der Waals surface area contributed by atoms with Gasteiger partial charge in [-0.3, -0.25) is 9.59 Å². The number of ketones is 1. The smallest absolute Gasteiger partial charge is 0.265 e. The lowest BCUT2D eigenvalue weighted by Gasteiger charge is -2.15. The number of sulfonamides is 1. The molecule has 0 aliphatic heterocycles. The molecule has 1 amide bonds. The first-order valence-corrected chi connectivity index (χ1v) is 10.0. The summed E-state index contributed by atoms with van der Waals surface area (Å²) in [6, 6.07) is 11.7. The van der Waals surface area contributed by atoms with Gasteiger partial charge in [0.15, 0.2) is 5.78 Å². The molecule has 0 bridgehead atoms. The zero-order valence-electron chi connectivity index (χ0n) is 15.4. The van der Waals surface area contributed by atoms with Crippen molar-refractivity contribution in [2.45, 2.75) is 31.4 Å². The molecule has 1 saturated carbocycles. The summed E-state index contributed by atoms with van der Waals surface area (Å²) in [5.74, 6) is -0.408. The third-order valence-electron chi connectivity index (χ3n) is 4.89. The van der Waals surface area contributed by atoms with Crippen LogP contribution in [0.4, 0.5) is 0 Å². The van der Waals surface area contributed by atoms with E-state index < -0.39 is 20.7 Å². The maximum absolute atomic E-state index is 12.7. The predicted molar refractivity (Wildman–Crippen MR) is 102 cm³/mol. The van der Waals surface area contributed by atoms with E-state index in [-0.39, 0.29) is 11.3 Å². The van der Waals surface area contributed by atoms with Crippen molar-refractivity contribution in [3.8, 4) is 16.9 Å². The van der Waals surface area contributed by atoms with Gasteiger partial charge in [0.25, 0.3) is 5.91 Å². The SMILES string of the molecule is COc1cc(-c2ccccc2C(=O)NS(=O)(=O)C2(C)CC2)ccc1C(C)=O. The first-order valence-electron chi connectivity index (χ1n) is 8.53. The van der Waals surface area contributed by atoms with Gasteiger partial charge < -0.3 is 4.74 Å². The maximum atomic E-state index is 12.7. The summed E-state index contributed by atoms with van der Waals surface area (Å²) in [5, 5.41) is 0. The van der Waals surface area contributed by atoms with Crippen LogP contribution >= 0.6 is 0 Å². The van der Waals surface area contributed by atoms with Gasteiger partial charge in [-0.2, -0.15) is 0 Å². The lowest BCUT2D eigenvalue weighted by atomic mass is 9.97. The van der Waals surface area contributed by atoms with Crippen molar-refractivity contribution in [1.29, 1.82) is 0 Å². The average Bonchev–Trinajstić information content (AvgIpc) is 3.40. The van der Waals surface area contributed by atoms with E-state index in [4.69, 9.17) is 4.74 Å². The molecule has 27 heavy (non-hydrogen) atoms. The van der Waals surface area contributed by atoms with Gasteiger partial charge >= 0.3 is 0 Å². The second-order valence-corrected chi connectivity index (χ2v) is 9.10. The Morgan fingerprint density at radius 2 is 1.74 bits per heavy atom. The molecule has 0 unspecified atom stereocenters. The van der Waals surface area contributed by atoms with Crippen LogP contribution in [0.1, 0.15) is 47.4 Å². The number of carbonyl (C=O) groups excluding carboxylic acids is 2. The van der Waals surface area contributed by atoms with E-state index in [0.29, 0.717) is 35.3 Å². The van der Waals surface area contributed by atoms with E-state index in [0.717, 1.165) is 0 Å². The summed E-state index contributed by atoms with van der Waals surface area (Å²) in [7, 11) is -2.27. The van der Waals surface area contributed by atoms with Crippen molar-refractivity contribution in [3.05, 3.63) is 53.6 Å². The number of ether oxygens (including phenoxy) is 1. The number of hydrogen-bond acceptors (Lipinski definition) is 5. The summed E-state index contributed by atoms with van der Waals surface area (Å²) in [4.78, 5) is 24.4. The summed E-state index contributed by atoms with van der Waals surface area (Å²) >= 11 is 0. The van der Waals surface area contributed by atoms with Crippen LogP contribution in [0.5, 0.6) is 5.75 Å². The zero-order chi connectivity index (χ0) is 19.8.